The molecule has 1 saturated carbocycles. The Morgan fingerprint density at radius 2 is 1.65 bits per heavy atom. The molecule has 1 unspecified atom stereocenters. The van der Waals surface area contributed by atoms with Crippen molar-refractivity contribution in [3.05, 3.63) is 17.5 Å². The van der Waals surface area contributed by atoms with E-state index in [0.29, 0.717) is 0 Å². The zero-order chi connectivity index (χ0) is 25.0. The van der Waals surface area contributed by atoms with Gasteiger partial charge in [-0.15, -0.1) is 0 Å². The second-order valence-electron chi connectivity index (χ2n) is 9.05. The van der Waals surface area contributed by atoms with Gasteiger partial charge in [-0.25, -0.2) is 0 Å². The number of hydrogen-bond donors (Lipinski definition) is 2. The number of likely N-dealkylation sites (N-methyl/N-ethyl adjacent to an activating group) is 1. The van der Waals surface area contributed by atoms with Gasteiger partial charge in [0.1, 0.15) is 11.7 Å². The maximum atomic E-state index is 13.4. The number of amides is 3. The van der Waals surface area contributed by atoms with E-state index in [9.17, 15) is 27.6 Å². The third-order valence-electron chi connectivity index (χ3n) is 6.78. The van der Waals surface area contributed by atoms with Crippen LogP contribution in [0.25, 0.3) is 0 Å². The summed E-state index contributed by atoms with van der Waals surface area (Å²) >= 11 is 0. The first-order chi connectivity index (χ1) is 16.0. The highest BCUT2D eigenvalue weighted by Gasteiger charge is 2.38. The van der Waals surface area contributed by atoms with Crippen molar-refractivity contribution >= 4 is 17.7 Å². The molecule has 1 aromatic rings. The maximum Gasteiger partial charge on any atom is 0.435 e. The van der Waals surface area contributed by atoms with Crippen molar-refractivity contribution < 1.29 is 27.6 Å². The average molecular weight is 487 g/mol. The van der Waals surface area contributed by atoms with Gasteiger partial charge in [0.25, 0.3) is 5.91 Å². The second-order valence-corrected chi connectivity index (χ2v) is 9.05. The summed E-state index contributed by atoms with van der Waals surface area (Å²) in [5.41, 5.74) is -1.27. The van der Waals surface area contributed by atoms with Crippen LogP contribution >= 0.6 is 0 Å². The molecule has 9 nitrogen and oxygen atoms in total. The number of carbonyl (C=O) groups excluding carboxylic acids is 3. The minimum Gasteiger partial charge on any atom is -0.343 e. The number of carbonyl (C=O) groups is 3. The molecule has 12 heteroatoms. The van der Waals surface area contributed by atoms with Gasteiger partial charge in [-0.3, -0.25) is 19.1 Å². The average Bonchev–Trinajstić information content (AvgIpc) is 3.23. The highest BCUT2D eigenvalue weighted by Crippen LogP contribution is 2.29. The molecule has 1 aliphatic heterocycles. The Labute approximate surface area is 197 Å². The number of halogens is 3. The largest absolute Gasteiger partial charge is 0.435 e. The Kier molecular flexibility index (Phi) is 8.21. The van der Waals surface area contributed by atoms with E-state index in [2.05, 4.69) is 15.7 Å². The SMILES string of the molecule is CN[C@@H](C)C(=O)NC(C(=O)N1CCN(C(=O)c2cc(C(F)(F)F)nn2C)CC1)C1CCCCC1. The topological polar surface area (TPSA) is 99.6 Å². The molecule has 1 saturated heterocycles. The van der Waals surface area contributed by atoms with E-state index in [-0.39, 0.29) is 49.6 Å². The number of aromatic nitrogens is 2. The highest BCUT2D eigenvalue weighted by atomic mass is 19.4. The first-order valence-corrected chi connectivity index (χ1v) is 11.7. The molecular weight excluding hydrogens is 453 g/mol. The molecule has 3 rings (SSSR count). The van der Waals surface area contributed by atoms with Crippen LogP contribution in [0.3, 0.4) is 0 Å². The lowest BCUT2D eigenvalue weighted by Crippen LogP contribution is -2.59. The van der Waals surface area contributed by atoms with Crippen molar-refractivity contribution in [2.45, 2.75) is 57.3 Å². The Morgan fingerprint density at radius 1 is 1.06 bits per heavy atom. The molecule has 1 aliphatic carbocycles. The number of aryl methyl sites for hydroxylation is 1. The van der Waals surface area contributed by atoms with Gasteiger partial charge < -0.3 is 20.4 Å². The Hall–Kier alpha value is -2.63. The van der Waals surface area contributed by atoms with E-state index >= 15 is 0 Å². The molecule has 2 N–H and O–H groups in total. The molecule has 3 amide bonds. The molecule has 2 atom stereocenters. The molecule has 0 spiro atoms. The molecular formula is C22H33F3N6O3. The Morgan fingerprint density at radius 3 is 2.18 bits per heavy atom. The van der Waals surface area contributed by atoms with E-state index in [4.69, 9.17) is 0 Å². The highest BCUT2D eigenvalue weighted by molar-refractivity contribution is 5.93. The lowest BCUT2D eigenvalue weighted by Gasteiger charge is -2.39. The number of hydrogen-bond acceptors (Lipinski definition) is 5. The second kappa shape index (κ2) is 10.7. The van der Waals surface area contributed by atoms with Gasteiger partial charge >= 0.3 is 6.18 Å². The normalized spacial score (nSPS) is 19.6. The summed E-state index contributed by atoms with van der Waals surface area (Å²) in [6.45, 7) is 2.60. The van der Waals surface area contributed by atoms with Crippen LogP contribution in [0.4, 0.5) is 13.2 Å². The van der Waals surface area contributed by atoms with Gasteiger partial charge in [-0.2, -0.15) is 18.3 Å². The predicted molar refractivity (Wildman–Crippen MR) is 118 cm³/mol. The Balaban J connectivity index is 1.66. The van der Waals surface area contributed by atoms with Crippen LogP contribution in [0, 0.1) is 5.92 Å². The van der Waals surface area contributed by atoms with Crippen molar-refractivity contribution in [3.8, 4) is 0 Å². The lowest BCUT2D eigenvalue weighted by molar-refractivity contribution is -0.141. The van der Waals surface area contributed by atoms with E-state index in [1.54, 1.807) is 18.9 Å². The molecule has 2 aliphatic rings. The van der Waals surface area contributed by atoms with Crippen LogP contribution in [0.2, 0.25) is 0 Å². The number of nitrogens with one attached hydrogen (secondary N) is 2. The lowest BCUT2D eigenvalue weighted by atomic mass is 9.83. The maximum absolute atomic E-state index is 13.4. The van der Waals surface area contributed by atoms with Gasteiger partial charge in [0, 0.05) is 39.3 Å². The summed E-state index contributed by atoms with van der Waals surface area (Å²) in [4.78, 5) is 41.8. The number of nitrogens with zero attached hydrogens (tertiary/aromatic N) is 4. The van der Waals surface area contributed by atoms with Crippen molar-refractivity contribution in [2.24, 2.45) is 13.0 Å². The van der Waals surface area contributed by atoms with E-state index in [1.165, 1.54) is 11.9 Å². The zero-order valence-electron chi connectivity index (χ0n) is 19.8. The number of alkyl halides is 3. The Bertz CT molecular complexity index is 889. The first-order valence-electron chi connectivity index (χ1n) is 11.7. The summed E-state index contributed by atoms with van der Waals surface area (Å²) in [5, 5.41) is 9.21. The van der Waals surface area contributed by atoms with E-state index < -0.39 is 29.9 Å². The van der Waals surface area contributed by atoms with Gasteiger partial charge in [-0.05, 0) is 32.7 Å². The van der Waals surface area contributed by atoms with Crippen LogP contribution in [0.15, 0.2) is 6.07 Å². The molecule has 190 valence electrons. The fraction of sp³-hybridized carbons (Fsp3) is 0.727. The van der Waals surface area contributed by atoms with E-state index in [0.717, 1.165) is 42.9 Å². The predicted octanol–water partition coefficient (Wildman–Crippen LogP) is 1.40. The van der Waals surface area contributed by atoms with Gasteiger partial charge in [0.05, 0.1) is 6.04 Å². The molecule has 0 radical (unpaired) electrons. The minimum atomic E-state index is -4.63. The van der Waals surface area contributed by atoms with Crippen LogP contribution in [0.1, 0.15) is 55.2 Å². The summed E-state index contributed by atoms with van der Waals surface area (Å²) in [6, 6.07) is -0.316. The summed E-state index contributed by atoms with van der Waals surface area (Å²) < 4.78 is 39.8. The van der Waals surface area contributed by atoms with Crippen LogP contribution < -0.4 is 10.6 Å². The zero-order valence-corrected chi connectivity index (χ0v) is 19.8. The molecule has 34 heavy (non-hydrogen) atoms. The number of piperazine rings is 1. The van der Waals surface area contributed by atoms with Crippen molar-refractivity contribution in [1.29, 1.82) is 0 Å². The molecule has 1 aromatic heterocycles. The fourth-order valence-electron chi connectivity index (χ4n) is 4.55. The van der Waals surface area contributed by atoms with E-state index in [1.807, 2.05) is 0 Å². The van der Waals surface area contributed by atoms with Gasteiger partial charge in [-0.1, -0.05) is 19.3 Å². The van der Waals surface area contributed by atoms with Crippen molar-refractivity contribution in [1.82, 2.24) is 30.2 Å². The summed E-state index contributed by atoms with van der Waals surface area (Å²) in [5.74, 6) is -0.908. The van der Waals surface area contributed by atoms with Crippen LogP contribution in [-0.2, 0) is 22.8 Å². The molecule has 0 bridgehead atoms. The van der Waals surface area contributed by atoms with Crippen molar-refractivity contribution in [3.63, 3.8) is 0 Å². The minimum absolute atomic E-state index is 0.0594. The van der Waals surface area contributed by atoms with Gasteiger partial charge in [0.2, 0.25) is 11.8 Å². The first kappa shape index (κ1) is 26.0. The quantitative estimate of drug-likeness (QED) is 0.633. The van der Waals surface area contributed by atoms with Crippen LogP contribution in [-0.4, -0.2) is 82.6 Å². The van der Waals surface area contributed by atoms with Gasteiger partial charge in [0.15, 0.2) is 5.69 Å². The third-order valence-corrected chi connectivity index (χ3v) is 6.78. The number of rotatable bonds is 6. The standard InChI is InChI=1S/C22H33F3N6O3/c1-14(26-2)19(32)27-18(15-7-5-4-6-8-15)21(34)31-11-9-30(10-12-31)20(33)16-13-17(22(23,24)25)28-29(16)3/h13-15,18,26H,4-12H2,1-3H3,(H,27,32)/t14-,18?/m0/s1. The summed E-state index contributed by atoms with van der Waals surface area (Å²) in [6.07, 6.45) is 0.238. The molecule has 2 fully saturated rings. The molecule has 0 aromatic carbocycles. The monoisotopic (exact) mass is 486 g/mol. The third kappa shape index (κ3) is 5.89. The summed E-state index contributed by atoms with van der Waals surface area (Å²) in [7, 11) is 2.98. The molecule has 2 heterocycles. The fourth-order valence-corrected chi connectivity index (χ4v) is 4.55. The van der Waals surface area contributed by atoms with Crippen LogP contribution in [0.5, 0.6) is 0 Å². The van der Waals surface area contributed by atoms with Crippen molar-refractivity contribution in [2.75, 3.05) is 33.2 Å². The smallest absolute Gasteiger partial charge is 0.343 e.